The fourth-order valence-corrected chi connectivity index (χ4v) is 2.84. The van der Waals surface area contributed by atoms with Gasteiger partial charge in [-0.15, -0.1) is 0 Å². The number of hydrogen-bond donors (Lipinski definition) is 0. The predicted molar refractivity (Wildman–Crippen MR) is 72.5 cm³/mol. The van der Waals surface area contributed by atoms with E-state index in [4.69, 9.17) is 4.74 Å². The normalized spacial score (nSPS) is 20.0. The predicted octanol–water partition coefficient (Wildman–Crippen LogP) is 3.17. The fraction of sp³-hybridized carbons (Fsp3) is 0.400. The van der Waals surface area contributed by atoms with Crippen LogP contribution in [-0.4, -0.2) is 10.7 Å². The highest BCUT2D eigenvalue weighted by atomic mass is 16.6. The summed E-state index contributed by atoms with van der Waals surface area (Å²) in [4.78, 5) is 22.6. The Kier molecular flexibility index (Phi) is 2.67. The first-order chi connectivity index (χ1) is 9.35. The summed E-state index contributed by atoms with van der Waals surface area (Å²) >= 11 is 0. The highest BCUT2D eigenvalue weighted by Crippen LogP contribution is 2.43. The number of rotatable bonds is 1. The number of nitrogens with zero attached hydrogens (tertiary/aromatic N) is 1. The van der Waals surface area contributed by atoms with Crippen LogP contribution in [-0.2, 0) is 11.2 Å². The minimum absolute atomic E-state index is 0.0278. The van der Waals surface area contributed by atoms with Gasteiger partial charge in [-0.25, -0.2) is 0 Å². The number of ether oxygens (including phenoxy) is 1. The molecule has 3 rings (SSSR count). The Bertz CT molecular complexity index is 658. The summed E-state index contributed by atoms with van der Waals surface area (Å²) in [5.41, 5.74) is 1.33. The zero-order valence-corrected chi connectivity index (χ0v) is 11.4. The monoisotopic (exact) mass is 273 g/mol. The van der Waals surface area contributed by atoms with Crippen molar-refractivity contribution in [1.29, 1.82) is 0 Å². The Balaban J connectivity index is 1.99. The van der Waals surface area contributed by atoms with Crippen LogP contribution in [0.1, 0.15) is 32.3 Å². The molecule has 0 aromatic heterocycles. The zero-order valence-electron chi connectivity index (χ0n) is 11.4. The molecule has 1 aliphatic carbocycles. The van der Waals surface area contributed by atoms with Gasteiger partial charge < -0.3 is 4.74 Å². The zero-order chi connectivity index (χ0) is 14.5. The van der Waals surface area contributed by atoms with Crippen molar-refractivity contribution in [3.63, 3.8) is 0 Å². The van der Waals surface area contributed by atoms with E-state index in [1.54, 1.807) is 6.07 Å². The van der Waals surface area contributed by atoms with Crippen LogP contribution in [0.25, 0.3) is 0 Å². The molecule has 0 amide bonds. The summed E-state index contributed by atoms with van der Waals surface area (Å²) in [7, 11) is 0. The van der Waals surface area contributed by atoms with Crippen LogP contribution in [0.3, 0.4) is 0 Å². The number of hydrogen-bond acceptors (Lipinski definition) is 4. The summed E-state index contributed by atoms with van der Waals surface area (Å²) in [6.45, 7) is 4.09. The molecule has 0 saturated heterocycles. The highest BCUT2D eigenvalue weighted by molar-refractivity contribution is 5.98. The lowest BCUT2D eigenvalue weighted by atomic mass is 9.74. The van der Waals surface area contributed by atoms with Crippen LogP contribution < -0.4 is 4.74 Å². The van der Waals surface area contributed by atoms with Crippen molar-refractivity contribution in [2.24, 2.45) is 5.41 Å². The van der Waals surface area contributed by atoms with Gasteiger partial charge in [0.05, 0.1) is 4.92 Å². The van der Waals surface area contributed by atoms with Crippen molar-refractivity contribution in [3.05, 3.63) is 45.2 Å². The van der Waals surface area contributed by atoms with Crippen molar-refractivity contribution in [3.8, 4) is 5.75 Å². The molecule has 104 valence electrons. The fourth-order valence-electron chi connectivity index (χ4n) is 2.84. The van der Waals surface area contributed by atoms with Gasteiger partial charge in [0.2, 0.25) is 0 Å². The number of allylic oxidation sites excluding steroid dienone is 2. The minimum Gasteiger partial charge on any atom is -0.461 e. The largest absolute Gasteiger partial charge is 0.461 e. The first-order valence-electron chi connectivity index (χ1n) is 6.56. The van der Waals surface area contributed by atoms with E-state index in [-0.39, 0.29) is 16.9 Å². The van der Waals surface area contributed by atoms with Gasteiger partial charge in [-0.1, -0.05) is 13.8 Å². The maximum Gasteiger partial charge on any atom is 0.269 e. The smallest absolute Gasteiger partial charge is 0.269 e. The summed E-state index contributed by atoms with van der Waals surface area (Å²) in [5, 5.41) is 10.8. The van der Waals surface area contributed by atoms with Gasteiger partial charge in [0, 0.05) is 42.5 Å². The Morgan fingerprint density at radius 1 is 1.30 bits per heavy atom. The topological polar surface area (TPSA) is 69.4 Å². The standard InChI is InChI=1S/C15H15NO4/c1-15(2)7-12(17)11-6-9-5-10(16(18)19)3-4-13(9)20-14(11)8-15/h3-5H,6-8H2,1-2H3. The molecule has 0 bridgehead atoms. The average Bonchev–Trinajstić information content (AvgIpc) is 2.35. The number of ketones is 1. The van der Waals surface area contributed by atoms with Crippen molar-refractivity contribution in [2.45, 2.75) is 33.1 Å². The van der Waals surface area contributed by atoms with Crippen LogP contribution in [0.5, 0.6) is 5.75 Å². The second kappa shape index (κ2) is 4.16. The molecule has 5 heteroatoms. The molecule has 20 heavy (non-hydrogen) atoms. The molecular formula is C15H15NO4. The van der Waals surface area contributed by atoms with E-state index < -0.39 is 4.92 Å². The van der Waals surface area contributed by atoms with E-state index in [0.29, 0.717) is 29.7 Å². The summed E-state index contributed by atoms with van der Waals surface area (Å²) < 4.78 is 5.81. The number of nitro groups is 1. The highest BCUT2D eigenvalue weighted by Gasteiger charge is 2.36. The van der Waals surface area contributed by atoms with Gasteiger partial charge in [0.25, 0.3) is 5.69 Å². The van der Waals surface area contributed by atoms with Crippen molar-refractivity contribution in [1.82, 2.24) is 0 Å². The lowest BCUT2D eigenvalue weighted by molar-refractivity contribution is -0.384. The van der Waals surface area contributed by atoms with Crippen LogP contribution in [0.4, 0.5) is 5.69 Å². The van der Waals surface area contributed by atoms with Crippen molar-refractivity contribution < 1.29 is 14.5 Å². The molecular weight excluding hydrogens is 258 g/mol. The van der Waals surface area contributed by atoms with E-state index >= 15 is 0 Å². The second-order valence-corrected chi connectivity index (χ2v) is 6.17. The summed E-state index contributed by atoms with van der Waals surface area (Å²) in [6.07, 6.45) is 1.66. The third-order valence-corrected chi connectivity index (χ3v) is 3.81. The van der Waals surface area contributed by atoms with Crippen LogP contribution in [0.2, 0.25) is 0 Å². The lowest BCUT2D eigenvalue weighted by Crippen LogP contribution is -2.30. The van der Waals surface area contributed by atoms with E-state index in [1.165, 1.54) is 12.1 Å². The van der Waals surface area contributed by atoms with Crippen molar-refractivity contribution >= 4 is 11.5 Å². The third kappa shape index (κ3) is 2.09. The quantitative estimate of drug-likeness (QED) is 0.582. The minimum atomic E-state index is -0.435. The number of fused-ring (bicyclic) bond motifs is 1. The van der Waals surface area contributed by atoms with E-state index in [0.717, 1.165) is 12.2 Å². The first-order valence-corrected chi connectivity index (χ1v) is 6.56. The maximum atomic E-state index is 12.2. The Morgan fingerprint density at radius 2 is 2.05 bits per heavy atom. The SMILES string of the molecule is CC1(C)CC(=O)C2=C(C1)Oc1ccc([N+](=O)[O-])cc1C2. The number of carbonyl (C=O) groups excluding carboxylic acids is 1. The Hall–Kier alpha value is -2.17. The molecule has 0 N–H and O–H groups in total. The third-order valence-electron chi connectivity index (χ3n) is 3.81. The van der Waals surface area contributed by atoms with Gasteiger partial charge in [-0.3, -0.25) is 14.9 Å². The number of Topliss-reactive ketones (excluding diaryl/α,β-unsaturated/α-hetero) is 1. The van der Waals surface area contributed by atoms with Gasteiger partial charge in [-0.05, 0) is 11.5 Å². The molecule has 1 aliphatic heterocycles. The molecule has 5 nitrogen and oxygen atoms in total. The molecule has 2 aliphatic rings. The van der Waals surface area contributed by atoms with Gasteiger partial charge in [-0.2, -0.15) is 0 Å². The molecule has 0 spiro atoms. The van der Waals surface area contributed by atoms with Crippen molar-refractivity contribution in [2.75, 3.05) is 0 Å². The number of carbonyl (C=O) groups is 1. The molecule has 1 aromatic carbocycles. The van der Waals surface area contributed by atoms with Gasteiger partial charge >= 0.3 is 0 Å². The van der Waals surface area contributed by atoms with Crippen LogP contribution in [0.15, 0.2) is 29.5 Å². The van der Waals surface area contributed by atoms with Gasteiger partial charge in [0.1, 0.15) is 11.5 Å². The summed E-state index contributed by atoms with van der Waals surface area (Å²) in [6, 6.07) is 4.54. The summed E-state index contributed by atoms with van der Waals surface area (Å²) in [5.74, 6) is 1.45. The molecule has 1 heterocycles. The van der Waals surface area contributed by atoms with Crippen LogP contribution in [0, 0.1) is 15.5 Å². The Labute approximate surface area is 116 Å². The van der Waals surface area contributed by atoms with E-state index in [1.807, 2.05) is 13.8 Å². The maximum absolute atomic E-state index is 12.2. The molecule has 0 saturated carbocycles. The first kappa shape index (κ1) is 12.8. The molecule has 0 radical (unpaired) electrons. The number of non-ortho nitro benzene ring substituents is 1. The van der Waals surface area contributed by atoms with E-state index in [2.05, 4.69) is 0 Å². The van der Waals surface area contributed by atoms with Crippen LogP contribution >= 0.6 is 0 Å². The average molecular weight is 273 g/mol. The molecule has 0 fully saturated rings. The number of nitro benzene ring substituents is 1. The second-order valence-electron chi connectivity index (χ2n) is 6.17. The Morgan fingerprint density at radius 3 is 2.75 bits per heavy atom. The molecule has 1 aromatic rings. The lowest BCUT2D eigenvalue weighted by Gasteiger charge is -2.34. The van der Waals surface area contributed by atoms with Gasteiger partial charge in [0.15, 0.2) is 5.78 Å². The number of benzene rings is 1. The molecule has 0 unspecified atom stereocenters. The molecule has 0 atom stereocenters. The van der Waals surface area contributed by atoms with E-state index in [9.17, 15) is 14.9 Å².